The van der Waals surface area contributed by atoms with Crippen LogP contribution in [0.2, 0.25) is 0.515 Å². The van der Waals surface area contributed by atoms with Crippen LogP contribution in [0.25, 0.3) is 0 Å². The van der Waals surface area contributed by atoms with Crippen molar-refractivity contribution < 1.29 is 19.2 Å². The van der Waals surface area contributed by atoms with Gasteiger partial charge in [-0.2, -0.15) is 0 Å². The van der Waals surface area contributed by atoms with Crippen LogP contribution in [-0.2, 0) is 4.57 Å². The van der Waals surface area contributed by atoms with Gasteiger partial charge in [-0.3, -0.25) is 0 Å². The first-order valence-corrected chi connectivity index (χ1v) is 7.65. The number of phosphoric acid groups is 1. The fraction of sp³-hybridized carbons (Fsp3) is 1.00. The first kappa shape index (κ1) is 14.7. The number of hydrogen-bond donors (Lipinski definition) is 3. The normalized spacial score (nSPS) is 10.2. The van der Waals surface area contributed by atoms with Gasteiger partial charge in [-0.15, -0.1) is 0 Å². The number of halogens is 1. The van der Waals surface area contributed by atoms with Crippen LogP contribution in [0.15, 0.2) is 0 Å². The van der Waals surface area contributed by atoms with Crippen LogP contribution in [0.1, 0.15) is 6.42 Å². The molecule has 0 rings (SSSR count). The van der Waals surface area contributed by atoms with Crippen molar-refractivity contribution in [3.8, 4) is 0 Å². The fourth-order valence-corrected chi connectivity index (χ4v) is 2.86. The molecule has 0 bridgehead atoms. The van der Waals surface area contributed by atoms with Crippen molar-refractivity contribution >= 4 is 72.7 Å². The summed E-state index contributed by atoms with van der Waals surface area (Å²) in [4.78, 5) is 21.6. The Kier molecular flexibility index (Phi) is 13.7. The Balaban J connectivity index is 0. The monoisotopic (exact) mass is 258 g/mol. The number of hydrogen-bond acceptors (Lipinski definition) is 1. The quantitative estimate of drug-likeness (QED) is 0.382. The third-order valence-corrected chi connectivity index (χ3v) is 2.15. The van der Waals surface area contributed by atoms with E-state index in [4.69, 9.17) is 19.2 Å². The van der Waals surface area contributed by atoms with Crippen LogP contribution in [0.3, 0.4) is 0 Å². The number of rotatable bonds is 2. The van der Waals surface area contributed by atoms with E-state index in [0.29, 0.717) is 0 Å². The Labute approximate surface area is 102 Å². The molecule has 0 fully saturated rings. The van der Waals surface area contributed by atoms with E-state index in [1.807, 2.05) is 0 Å². The summed E-state index contributed by atoms with van der Waals surface area (Å²) in [7, 11) is -4.64. The Bertz CT molecular complexity index is 94.4. The van der Waals surface area contributed by atoms with E-state index < -0.39 is 7.82 Å². The maximum absolute atomic E-state index is 8.88. The van der Waals surface area contributed by atoms with Crippen LogP contribution in [0, 0.1) is 0 Å². The SMILES string of the molecule is O=P(O)(O)O.[K][CH2]CCBr. The molecule has 58 valence electrons. The van der Waals surface area contributed by atoms with E-state index >= 15 is 0 Å². The van der Waals surface area contributed by atoms with Crippen molar-refractivity contribution in [2.24, 2.45) is 0 Å². The number of alkyl halides is 1. The summed E-state index contributed by atoms with van der Waals surface area (Å²) in [6, 6.07) is 0. The van der Waals surface area contributed by atoms with Gasteiger partial charge in [0.25, 0.3) is 0 Å². The molecule has 0 saturated carbocycles. The van der Waals surface area contributed by atoms with Crippen LogP contribution in [0.5, 0.6) is 0 Å². The molecule has 0 aliphatic heterocycles. The molecule has 0 spiro atoms. The van der Waals surface area contributed by atoms with Gasteiger partial charge in [0.05, 0.1) is 0 Å². The minimum atomic E-state index is -4.64. The molecule has 0 atom stereocenters. The first-order valence-electron chi connectivity index (χ1n) is 2.76. The van der Waals surface area contributed by atoms with Gasteiger partial charge < -0.3 is 14.7 Å². The Morgan fingerprint density at radius 1 is 1.40 bits per heavy atom. The molecule has 3 N–H and O–H groups in total. The van der Waals surface area contributed by atoms with E-state index in [9.17, 15) is 0 Å². The molecule has 0 radical (unpaired) electrons. The molecule has 0 aromatic carbocycles. The van der Waals surface area contributed by atoms with Crippen molar-refractivity contribution in [1.82, 2.24) is 0 Å². The average Bonchev–Trinajstić information content (AvgIpc) is 1.63. The molecule has 0 amide bonds. The molecule has 10 heavy (non-hydrogen) atoms. The van der Waals surface area contributed by atoms with Gasteiger partial charge in [0.15, 0.2) is 0 Å². The maximum atomic E-state index is 8.88. The molecule has 0 aliphatic carbocycles. The predicted molar refractivity (Wildman–Crippen MR) is 43.2 cm³/mol. The summed E-state index contributed by atoms with van der Waals surface area (Å²) < 4.78 is 10.4. The molecular formula is C3H9BrKO4P. The topological polar surface area (TPSA) is 77.8 Å². The molecule has 0 saturated heterocycles. The van der Waals surface area contributed by atoms with Crippen LogP contribution < -0.4 is 0 Å². The molecule has 0 aromatic heterocycles. The minimum absolute atomic E-state index is 1.08. The van der Waals surface area contributed by atoms with Gasteiger partial charge in [-0.05, 0) is 0 Å². The summed E-state index contributed by atoms with van der Waals surface area (Å²) in [5.74, 6) is 0. The van der Waals surface area contributed by atoms with Crippen molar-refractivity contribution in [2.75, 3.05) is 5.33 Å². The second-order valence-corrected chi connectivity index (χ2v) is 4.94. The molecule has 0 aliphatic rings. The zero-order valence-electron chi connectivity index (χ0n) is 5.70. The Hall–Kier alpha value is 2.23. The van der Waals surface area contributed by atoms with Crippen molar-refractivity contribution in [1.29, 1.82) is 0 Å². The summed E-state index contributed by atoms with van der Waals surface area (Å²) in [6.07, 6.45) is 1.39. The summed E-state index contributed by atoms with van der Waals surface area (Å²) >= 11 is 4.42. The van der Waals surface area contributed by atoms with Gasteiger partial charge in [0, 0.05) is 0 Å². The van der Waals surface area contributed by atoms with Crippen LogP contribution in [-0.4, -0.2) is 69.0 Å². The molecule has 4 nitrogen and oxygen atoms in total. The summed E-state index contributed by atoms with van der Waals surface area (Å²) in [5, 5.41) is 1.20. The third kappa shape index (κ3) is 48.7. The third-order valence-electron chi connectivity index (χ3n) is 0.487. The van der Waals surface area contributed by atoms with Gasteiger partial charge in [-0.1, -0.05) is 0 Å². The molecule has 0 unspecified atom stereocenters. The van der Waals surface area contributed by atoms with Crippen LogP contribution >= 0.6 is 23.8 Å². The first-order chi connectivity index (χ1) is 4.41. The summed E-state index contributed by atoms with van der Waals surface area (Å²) in [5.41, 5.74) is 0. The Morgan fingerprint density at radius 2 is 1.70 bits per heavy atom. The van der Waals surface area contributed by atoms with E-state index in [1.165, 1.54) is 12.3 Å². The van der Waals surface area contributed by atoms with E-state index in [-0.39, 0.29) is 0 Å². The fourth-order valence-electron chi connectivity index (χ4n) is 0.134. The molecule has 7 heteroatoms. The predicted octanol–water partition coefficient (Wildman–Crippen LogP) is 0.430. The average molecular weight is 259 g/mol. The zero-order valence-corrected chi connectivity index (χ0v) is 11.3. The second kappa shape index (κ2) is 9.32. The van der Waals surface area contributed by atoms with E-state index in [1.54, 1.807) is 0 Å². The molecule has 0 aromatic rings. The Morgan fingerprint density at radius 3 is 1.70 bits per heavy atom. The van der Waals surface area contributed by atoms with Crippen molar-refractivity contribution in [3.63, 3.8) is 0 Å². The van der Waals surface area contributed by atoms with Crippen molar-refractivity contribution in [3.05, 3.63) is 0 Å². The van der Waals surface area contributed by atoms with Crippen molar-refractivity contribution in [2.45, 2.75) is 6.94 Å². The van der Waals surface area contributed by atoms with Gasteiger partial charge in [-0.25, -0.2) is 4.57 Å². The molecular weight excluding hydrogens is 250 g/mol. The zero-order chi connectivity index (χ0) is 8.62. The van der Waals surface area contributed by atoms with Crippen LogP contribution in [0.4, 0.5) is 0 Å². The van der Waals surface area contributed by atoms with E-state index in [2.05, 4.69) is 15.9 Å². The van der Waals surface area contributed by atoms with Gasteiger partial charge in [0.1, 0.15) is 0 Å². The second-order valence-electron chi connectivity index (χ2n) is 1.56. The molecule has 0 heterocycles. The van der Waals surface area contributed by atoms with Gasteiger partial charge >= 0.3 is 85.0 Å². The summed E-state index contributed by atoms with van der Waals surface area (Å²) in [6.45, 7) is 0. The standard InChI is InChI=1S/C3H6Br.K.H3O4P/c1-2-3-4;;1-5(2,3)4/h1-3H2;;(H3,1,2,3,4). The van der Waals surface area contributed by atoms with E-state index in [0.717, 1.165) is 49.0 Å². The van der Waals surface area contributed by atoms with Gasteiger partial charge in [0.2, 0.25) is 0 Å².